The van der Waals surface area contributed by atoms with Gasteiger partial charge in [-0.25, -0.2) is 13.4 Å². The molecule has 0 bridgehead atoms. The number of benzene rings is 1. The fourth-order valence-electron chi connectivity index (χ4n) is 2.46. The van der Waals surface area contributed by atoms with Crippen molar-refractivity contribution in [3.05, 3.63) is 47.4 Å². The Morgan fingerprint density at radius 1 is 1.16 bits per heavy atom. The molecule has 1 aromatic heterocycles. The summed E-state index contributed by atoms with van der Waals surface area (Å²) in [4.78, 5) is 19.7. The fourth-order valence-corrected chi connectivity index (χ4v) is 3.09. The number of hydrogen-bond acceptors (Lipinski definition) is 7. The Kier molecular flexibility index (Phi) is 6.60. The first-order chi connectivity index (χ1) is 14.1. The van der Waals surface area contributed by atoms with Crippen molar-refractivity contribution in [1.29, 1.82) is 5.26 Å². The monoisotopic (exact) mass is 455 g/mol. The van der Waals surface area contributed by atoms with Crippen molar-refractivity contribution in [2.45, 2.75) is 31.8 Å². The maximum absolute atomic E-state index is 13.2. The molecular formula is C19H20F3N5O3S. The van der Waals surface area contributed by atoms with E-state index in [1.165, 1.54) is 30.3 Å². The summed E-state index contributed by atoms with van der Waals surface area (Å²) in [5, 5.41) is 10.1. The van der Waals surface area contributed by atoms with Gasteiger partial charge in [0.2, 0.25) is 5.82 Å². The van der Waals surface area contributed by atoms with Crippen molar-refractivity contribution in [3.8, 4) is 6.07 Å². The number of aromatic nitrogens is 2. The molecule has 0 aliphatic rings. The van der Waals surface area contributed by atoms with Crippen LogP contribution in [-0.2, 0) is 16.0 Å². The van der Waals surface area contributed by atoms with Gasteiger partial charge in [-0.2, -0.15) is 23.4 Å². The van der Waals surface area contributed by atoms with E-state index in [1.54, 1.807) is 20.8 Å². The van der Waals surface area contributed by atoms with Crippen LogP contribution in [0.1, 0.15) is 42.6 Å². The molecule has 1 aromatic carbocycles. The molecule has 0 radical (unpaired) electrons. The molecule has 0 saturated carbocycles. The number of sulfone groups is 1. The maximum Gasteiger partial charge on any atom is 0.433 e. The number of anilines is 1. The molecule has 1 heterocycles. The number of rotatable bonds is 5. The molecule has 2 aromatic rings. The molecule has 0 atom stereocenters. The highest BCUT2D eigenvalue weighted by Gasteiger charge is 2.35. The Morgan fingerprint density at radius 2 is 1.74 bits per heavy atom. The Balaban J connectivity index is 2.44. The van der Waals surface area contributed by atoms with Crippen LogP contribution in [0, 0.1) is 16.7 Å². The van der Waals surface area contributed by atoms with Crippen LogP contribution < -0.4 is 10.4 Å². The van der Waals surface area contributed by atoms with Crippen LogP contribution in [0.5, 0.6) is 0 Å². The first-order valence-electron chi connectivity index (χ1n) is 8.85. The predicted molar refractivity (Wildman–Crippen MR) is 106 cm³/mol. The zero-order valence-electron chi connectivity index (χ0n) is 17.1. The van der Waals surface area contributed by atoms with E-state index >= 15 is 0 Å². The number of hydrogen-bond donors (Lipinski definition) is 1. The molecule has 0 unspecified atom stereocenters. The standard InChI is InChI=1S/C19H20F3N5O3S/c1-18(2,3)11-27(16-9-14(19(20,21)22)24-15(10-23)25-16)26-17(28)12-5-7-13(8-6-12)31(4,29)30/h5-9H,11H2,1-4H3,(H,26,28). The van der Waals surface area contributed by atoms with Crippen LogP contribution in [0.4, 0.5) is 19.0 Å². The summed E-state index contributed by atoms with van der Waals surface area (Å²) in [6.45, 7) is 5.44. The number of amides is 1. The van der Waals surface area contributed by atoms with Gasteiger partial charge in [-0.3, -0.25) is 15.2 Å². The summed E-state index contributed by atoms with van der Waals surface area (Å²) < 4.78 is 62.7. The molecule has 1 amide bonds. The van der Waals surface area contributed by atoms with Crippen molar-refractivity contribution < 1.29 is 26.4 Å². The van der Waals surface area contributed by atoms with Crippen LogP contribution in [0.2, 0.25) is 0 Å². The van der Waals surface area contributed by atoms with E-state index in [9.17, 15) is 26.4 Å². The topological polar surface area (TPSA) is 116 Å². The molecule has 0 aliphatic heterocycles. The summed E-state index contributed by atoms with van der Waals surface area (Å²) in [7, 11) is -3.46. The predicted octanol–water partition coefficient (Wildman–Crippen LogP) is 2.97. The average Bonchev–Trinajstić information content (AvgIpc) is 2.64. The Labute approximate surface area is 177 Å². The third kappa shape index (κ3) is 6.65. The molecule has 12 heteroatoms. The second-order valence-corrected chi connectivity index (χ2v) is 9.94. The quantitative estimate of drug-likeness (QED) is 0.689. The van der Waals surface area contributed by atoms with Gasteiger partial charge in [-0.15, -0.1) is 0 Å². The Hall–Kier alpha value is -3.20. The van der Waals surface area contributed by atoms with E-state index in [4.69, 9.17) is 5.26 Å². The molecule has 1 N–H and O–H groups in total. The van der Waals surface area contributed by atoms with Gasteiger partial charge in [0.05, 0.1) is 4.90 Å². The second kappa shape index (κ2) is 8.50. The zero-order valence-corrected chi connectivity index (χ0v) is 18.0. The van der Waals surface area contributed by atoms with Crippen LogP contribution in [0.3, 0.4) is 0 Å². The molecule has 8 nitrogen and oxygen atoms in total. The molecule has 0 spiro atoms. The van der Waals surface area contributed by atoms with Gasteiger partial charge in [0.15, 0.2) is 21.3 Å². The molecule has 2 rings (SSSR count). The van der Waals surface area contributed by atoms with Crippen molar-refractivity contribution in [2.24, 2.45) is 5.41 Å². The lowest BCUT2D eigenvalue weighted by Crippen LogP contribution is -2.47. The molecular weight excluding hydrogens is 435 g/mol. The number of carbonyl (C=O) groups is 1. The summed E-state index contributed by atoms with van der Waals surface area (Å²) in [6, 6.07) is 7.18. The lowest BCUT2D eigenvalue weighted by Gasteiger charge is -2.31. The number of carbonyl (C=O) groups excluding carboxylic acids is 1. The molecule has 0 aliphatic carbocycles. The fraction of sp³-hybridized carbons (Fsp3) is 0.368. The molecule has 0 saturated heterocycles. The Bertz CT molecular complexity index is 1120. The van der Waals surface area contributed by atoms with E-state index in [0.29, 0.717) is 6.07 Å². The Morgan fingerprint density at radius 3 is 2.19 bits per heavy atom. The second-order valence-electron chi connectivity index (χ2n) is 7.93. The van der Waals surface area contributed by atoms with E-state index < -0.39 is 38.9 Å². The SMILES string of the molecule is CC(C)(C)CN(NC(=O)c1ccc(S(C)(=O)=O)cc1)c1cc(C(F)(F)F)nc(C#N)n1. The van der Waals surface area contributed by atoms with Gasteiger partial charge < -0.3 is 0 Å². The number of nitriles is 1. The largest absolute Gasteiger partial charge is 0.433 e. The molecule has 166 valence electrons. The van der Waals surface area contributed by atoms with Gasteiger partial charge >= 0.3 is 6.18 Å². The smallest absolute Gasteiger partial charge is 0.267 e. The lowest BCUT2D eigenvalue weighted by atomic mass is 9.96. The minimum absolute atomic E-state index is 0.0138. The van der Waals surface area contributed by atoms with Crippen LogP contribution in [-0.4, -0.2) is 37.1 Å². The van der Waals surface area contributed by atoms with Gasteiger partial charge in [0.1, 0.15) is 6.07 Å². The minimum atomic E-state index is -4.82. The van der Waals surface area contributed by atoms with E-state index in [0.717, 1.165) is 11.3 Å². The number of alkyl halides is 3. The summed E-state index contributed by atoms with van der Waals surface area (Å²) in [5.74, 6) is -1.71. The average molecular weight is 455 g/mol. The normalized spacial score (nSPS) is 12.2. The number of nitrogens with one attached hydrogen (secondary N) is 1. The van der Waals surface area contributed by atoms with Crippen LogP contribution in [0.15, 0.2) is 35.2 Å². The van der Waals surface area contributed by atoms with E-state index in [-0.39, 0.29) is 22.8 Å². The lowest BCUT2D eigenvalue weighted by molar-refractivity contribution is -0.141. The van der Waals surface area contributed by atoms with Gasteiger partial charge in [-0.1, -0.05) is 20.8 Å². The molecule has 0 fully saturated rings. The third-order valence-corrected chi connectivity index (χ3v) is 4.92. The van der Waals surface area contributed by atoms with Gasteiger partial charge in [-0.05, 0) is 29.7 Å². The van der Waals surface area contributed by atoms with Gasteiger partial charge in [0, 0.05) is 24.4 Å². The summed E-state index contributed by atoms with van der Waals surface area (Å²) >= 11 is 0. The van der Waals surface area contributed by atoms with Crippen molar-refractivity contribution in [1.82, 2.24) is 15.4 Å². The summed E-state index contributed by atoms with van der Waals surface area (Å²) in [6.07, 6.45) is -3.80. The van der Waals surface area contributed by atoms with E-state index in [2.05, 4.69) is 15.4 Å². The minimum Gasteiger partial charge on any atom is -0.267 e. The van der Waals surface area contributed by atoms with Crippen LogP contribution >= 0.6 is 0 Å². The highest BCUT2D eigenvalue weighted by Crippen LogP contribution is 2.30. The zero-order chi connectivity index (χ0) is 23.6. The first kappa shape index (κ1) is 24.1. The first-order valence-corrected chi connectivity index (χ1v) is 10.7. The number of halogens is 3. The van der Waals surface area contributed by atoms with Crippen molar-refractivity contribution in [2.75, 3.05) is 17.8 Å². The third-order valence-electron chi connectivity index (χ3n) is 3.79. The highest BCUT2D eigenvalue weighted by atomic mass is 32.2. The van der Waals surface area contributed by atoms with Gasteiger partial charge in [0.25, 0.3) is 5.91 Å². The van der Waals surface area contributed by atoms with E-state index in [1.807, 2.05) is 0 Å². The number of hydrazine groups is 1. The maximum atomic E-state index is 13.2. The van der Waals surface area contributed by atoms with Crippen LogP contribution in [0.25, 0.3) is 0 Å². The number of nitrogens with zero attached hydrogens (tertiary/aromatic N) is 4. The van der Waals surface area contributed by atoms with Crippen molar-refractivity contribution >= 4 is 21.6 Å². The summed E-state index contributed by atoms with van der Waals surface area (Å²) in [5.41, 5.74) is 0.750. The highest BCUT2D eigenvalue weighted by molar-refractivity contribution is 7.90. The molecule has 31 heavy (non-hydrogen) atoms. The van der Waals surface area contributed by atoms with Crippen molar-refractivity contribution in [3.63, 3.8) is 0 Å².